The van der Waals surface area contributed by atoms with Gasteiger partial charge >= 0.3 is 0 Å². The van der Waals surface area contributed by atoms with Gasteiger partial charge in [0, 0.05) is 51.9 Å². The average molecular weight is 427 g/mol. The number of rotatable bonds is 4. The molecule has 5 nitrogen and oxygen atoms in total. The van der Waals surface area contributed by atoms with E-state index in [1.165, 1.54) is 5.56 Å². The normalized spacial score (nSPS) is 18.0. The largest absolute Gasteiger partial charge is 0.353 e. The van der Waals surface area contributed by atoms with E-state index in [4.69, 9.17) is 4.98 Å². The highest BCUT2D eigenvalue weighted by atomic mass is 16.1. The van der Waals surface area contributed by atoms with Crippen molar-refractivity contribution in [3.8, 4) is 11.8 Å². The number of aryl methyl sites for hydroxylation is 1. The molecule has 32 heavy (non-hydrogen) atoms. The van der Waals surface area contributed by atoms with E-state index in [1.54, 1.807) is 12.3 Å². The molecular weight excluding hydrogens is 396 g/mol. The van der Waals surface area contributed by atoms with E-state index in [2.05, 4.69) is 51.3 Å². The maximum Gasteiger partial charge on any atom is 0.214 e. The van der Waals surface area contributed by atoms with Gasteiger partial charge in [0.15, 0.2) is 0 Å². The summed E-state index contributed by atoms with van der Waals surface area (Å²) in [5.41, 5.74) is 3.66. The van der Waals surface area contributed by atoms with Crippen LogP contribution in [0.25, 0.3) is 0 Å². The second-order valence-electron chi connectivity index (χ2n) is 8.44. The van der Waals surface area contributed by atoms with Gasteiger partial charge in [0.05, 0.1) is 5.56 Å². The van der Waals surface area contributed by atoms with Crippen LogP contribution in [0.5, 0.6) is 0 Å². The third kappa shape index (κ3) is 4.42. The van der Waals surface area contributed by atoms with Crippen LogP contribution in [0.3, 0.4) is 0 Å². The molecule has 2 aliphatic rings. The number of pyridine rings is 2. The molecule has 3 heterocycles. The molecule has 0 amide bonds. The summed E-state index contributed by atoms with van der Waals surface area (Å²) < 4.78 is 0. The molecule has 0 spiro atoms. The maximum atomic E-state index is 13.5. The van der Waals surface area contributed by atoms with Gasteiger partial charge in [-0.15, -0.1) is 0 Å². The van der Waals surface area contributed by atoms with Gasteiger partial charge in [0.25, 0.3) is 0 Å². The quantitative estimate of drug-likeness (QED) is 0.494. The van der Waals surface area contributed by atoms with E-state index >= 15 is 0 Å². The first-order valence-electron chi connectivity index (χ1n) is 11.2. The fraction of sp³-hybridized carbons (Fsp3) is 0.296. The van der Waals surface area contributed by atoms with Crippen molar-refractivity contribution in [2.75, 3.05) is 24.5 Å². The molecule has 1 N–H and O–H groups in total. The van der Waals surface area contributed by atoms with Crippen molar-refractivity contribution < 1.29 is 7.65 Å². The SMILES string of the molecule is Cc1ncccc1C(=O)c1nc(N2CCNC(c3ccccc3)C2)ccc1C#CC1CC1.[HH].[HH]. The molecule has 0 bridgehead atoms. The fourth-order valence-corrected chi connectivity index (χ4v) is 4.02. The van der Waals surface area contributed by atoms with Crippen molar-refractivity contribution in [1.29, 1.82) is 0 Å². The Balaban J connectivity index is 0.00000162. The van der Waals surface area contributed by atoms with E-state index in [1.807, 2.05) is 31.2 Å². The molecule has 1 unspecified atom stereocenters. The lowest BCUT2D eigenvalue weighted by atomic mass is 10.0. The van der Waals surface area contributed by atoms with Crippen LogP contribution in [0.2, 0.25) is 0 Å². The monoisotopic (exact) mass is 426 g/mol. The number of anilines is 1. The highest BCUT2D eigenvalue weighted by Crippen LogP contribution is 2.28. The molecule has 1 aliphatic carbocycles. The summed E-state index contributed by atoms with van der Waals surface area (Å²) in [6.45, 7) is 4.34. The van der Waals surface area contributed by atoms with Crippen molar-refractivity contribution in [2.45, 2.75) is 25.8 Å². The second kappa shape index (κ2) is 8.94. The van der Waals surface area contributed by atoms with Crippen LogP contribution < -0.4 is 10.2 Å². The third-order valence-electron chi connectivity index (χ3n) is 6.04. The Bertz CT molecular complexity index is 1200. The Hall–Kier alpha value is -3.49. The zero-order valence-electron chi connectivity index (χ0n) is 18.2. The minimum Gasteiger partial charge on any atom is -0.353 e. The van der Waals surface area contributed by atoms with E-state index in [0.717, 1.165) is 38.3 Å². The number of hydrogen-bond donors (Lipinski definition) is 1. The lowest BCUT2D eigenvalue weighted by Gasteiger charge is -2.35. The molecule has 2 fully saturated rings. The Morgan fingerprint density at radius 1 is 1.12 bits per heavy atom. The smallest absolute Gasteiger partial charge is 0.214 e. The van der Waals surface area contributed by atoms with Gasteiger partial charge in [-0.2, -0.15) is 0 Å². The molecule has 5 heteroatoms. The minimum absolute atomic E-state index is 0. The van der Waals surface area contributed by atoms with E-state index in [0.29, 0.717) is 28.4 Å². The summed E-state index contributed by atoms with van der Waals surface area (Å²) in [7, 11) is 0. The van der Waals surface area contributed by atoms with E-state index < -0.39 is 0 Å². The molecule has 5 rings (SSSR count). The first kappa shape index (κ1) is 20.4. The molecule has 3 aromatic rings. The van der Waals surface area contributed by atoms with Crippen LogP contribution >= 0.6 is 0 Å². The summed E-state index contributed by atoms with van der Waals surface area (Å²) in [5.74, 6) is 7.66. The Kier molecular flexibility index (Phi) is 5.70. The zero-order valence-corrected chi connectivity index (χ0v) is 18.2. The number of piperazine rings is 1. The predicted octanol–water partition coefficient (Wildman–Crippen LogP) is 4.42. The van der Waals surface area contributed by atoms with Gasteiger partial charge in [0.2, 0.25) is 5.78 Å². The molecule has 1 atom stereocenters. The summed E-state index contributed by atoms with van der Waals surface area (Å²) >= 11 is 0. The number of nitrogens with one attached hydrogen (secondary N) is 1. The van der Waals surface area contributed by atoms with Gasteiger partial charge in [-0.3, -0.25) is 9.78 Å². The predicted molar refractivity (Wildman–Crippen MR) is 130 cm³/mol. The van der Waals surface area contributed by atoms with Crippen LogP contribution in [0.15, 0.2) is 60.8 Å². The highest BCUT2D eigenvalue weighted by Gasteiger charge is 2.24. The van der Waals surface area contributed by atoms with Crippen molar-refractivity contribution in [3.63, 3.8) is 0 Å². The molecule has 164 valence electrons. The molecule has 1 aliphatic heterocycles. The van der Waals surface area contributed by atoms with E-state index in [-0.39, 0.29) is 14.7 Å². The molecule has 0 radical (unpaired) electrons. The third-order valence-corrected chi connectivity index (χ3v) is 6.04. The highest BCUT2D eigenvalue weighted by molar-refractivity contribution is 6.10. The van der Waals surface area contributed by atoms with Gasteiger partial charge in [-0.1, -0.05) is 42.2 Å². The average Bonchev–Trinajstić information content (AvgIpc) is 3.68. The lowest BCUT2D eigenvalue weighted by Crippen LogP contribution is -2.46. The first-order valence-corrected chi connectivity index (χ1v) is 11.2. The number of aromatic nitrogens is 2. The van der Waals surface area contributed by atoms with Gasteiger partial charge in [-0.05, 0) is 49.6 Å². The van der Waals surface area contributed by atoms with Crippen LogP contribution in [-0.2, 0) is 0 Å². The molecule has 1 saturated carbocycles. The van der Waals surface area contributed by atoms with Gasteiger partial charge in [0.1, 0.15) is 11.5 Å². The molecule has 1 saturated heterocycles. The number of nitrogens with zero attached hydrogens (tertiary/aromatic N) is 3. The minimum atomic E-state index is -0.118. The summed E-state index contributed by atoms with van der Waals surface area (Å²) in [5, 5.41) is 3.59. The number of carbonyl (C=O) groups is 1. The molecule has 2 aromatic heterocycles. The second-order valence-corrected chi connectivity index (χ2v) is 8.44. The van der Waals surface area contributed by atoms with Crippen LogP contribution in [-0.4, -0.2) is 35.4 Å². The first-order chi connectivity index (χ1) is 15.7. The lowest BCUT2D eigenvalue weighted by molar-refractivity contribution is 0.103. The Morgan fingerprint density at radius 2 is 1.97 bits per heavy atom. The summed E-state index contributed by atoms with van der Waals surface area (Å²) in [6, 6.07) is 18.2. The zero-order chi connectivity index (χ0) is 21.9. The number of ketones is 1. The fourth-order valence-electron chi connectivity index (χ4n) is 4.02. The Morgan fingerprint density at radius 3 is 2.75 bits per heavy atom. The maximum absolute atomic E-state index is 13.5. The van der Waals surface area contributed by atoms with Gasteiger partial charge < -0.3 is 10.2 Å². The molecular formula is C27H30N4O. The standard InChI is InChI=1S/C27H26N4O.2H2/c1-19-23(8-5-15-28-19)27(32)26-22(12-11-20-9-10-20)13-14-25(30-26)31-17-16-29-24(18-31)21-6-3-2-4-7-21;;/h2-8,13-15,20,24,29H,9-10,16-18H2,1H3;2*1H. The van der Waals surface area contributed by atoms with Crippen molar-refractivity contribution in [3.05, 3.63) is 88.9 Å². The van der Waals surface area contributed by atoms with Crippen molar-refractivity contribution in [2.24, 2.45) is 5.92 Å². The number of carbonyl (C=O) groups excluding carboxylic acids is 1. The number of benzene rings is 1. The summed E-state index contributed by atoms with van der Waals surface area (Å²) in [4.78, 5) is 24.9. The van der Waals surface area contributed by atoms with Crippen molar-refractivity contribution in [1.82, 2.24) is 15.3 Å². The van der Waals surface area contributed by atoms with Gasteiger partial charge in [-0.25, -0.2) is 4.98 Å². The summed E-state index contributed by atoms with van der Waals surface area (Å²) in [6.07, 6.45) is 3.99. The van der Waals surface area contributed by atoms with E-state index in [9.17, 15) is 4.79 Å². The number of hydrogen-bond acceptors (Lipinski definition) is 5. The topological polar surface area (TPSA) is 58.1 Å². The van der Waals surface area contributed by atoms with Crippen LogP contribution in [0.1, 0.15) is 54.6 Å². The van der Waals surface area contributed by atoms with Crippen LogP contribution in [0.4, 0.5) is 5.82 Å². The molecule has 1 aromatic carbocycles. The Labute approximate surface area is 191 Å². The van der Waals surface area contributed by atoms with Crippen molar-refractivity contribution >= 4 is 11.6 Å². The van der Waals surface area contributed by atoms with Crippen LogP contribution in [0, 0.1) is 24.7 Å².